The van der Waals surface area contributed by atoms with Crippen LogP contribution >= 0.6 is 6.89 Å². The molecule has 0 saturated carbocycles. The number of nitrogens with one attached hydrogen (secondary N) is 2. The molecule has 2 aliphatic heterocycles. The molecular formula is C14H23N2O4P. The Morgan fingerprint density at radius 3 is 2.62 bits per heavy atom. The van der Waals surface area contributed by atoms with Crippen LogP contribution in [0.25, 0.3) is 0 Å². The summed E-state index contributed by atoms with van der Waals surface area (Å²) in [5.41, 5.74) is 0.924. The van der Waals surface area contributed by atoms with Gasteiger partial charge in [0.2, 0.25) is 0 Å². The number of aliphatic hydroxyl groups excluding tert-OH is 2. The molecule has 4 N–H and O–H groups in total. The van der Waals surface area contributed by atoms with E-state index in [1.807, 2.05) is 0 Å². The smallest absolute Gasteiger partial charge is 0.323 e. The molecule has 7 heteroatoms. The summed E-state index contributed by atoms with van der Waals surface area (Å²) in [4.78, 5) is 11.2. The molecule has 2 aliphatic rings. The van der Waals surface area contributed by atoms with Crippen LogP contribution in [-0.2, 0) is 4.74 Å². The quantitative estimate of drug-likeness (QED) is 0.561. The number of hydrogen-bond donors (Lipinski definition) is 4. The molecular weight excluding hydrogens is 291 g/mol. The molecule has 2 rings (SSSR count). The van der Waals surface area contributed by atoms with Gasteiger partial charge in [-0.3, -0.25) is 0 Å². The van der Waals surface area contributed by atoms with Crippen molar-refractivity contribution in [3.8, 4) is 0 Å². The van der Waals surface area contributed by atoms with E-state index in [9.17, 15) is 15.0 Å². The molecule has 21 heavy (non-hydrogen) atoms. The fourth-order valence-corrected chi connectivity index (χ4v) is 3.40. The van der Waals surface area contributed by atoms with E-state index in [2.05, 4.69) is 36.8 Å². The van der Waals surface area contributed by atoms with E-state index in [1.54, 1.807) is 0 Å². The lowest BCUT2D eigenvalue weighted by Crippen LogP contribution is -2.41. The molecule has 0 aromatic rings. The summed E-state index contributed by atoms with van der Waals surface area (Å²) >= 11 is 0. The molecule has 2 heterocycles. The van der Waals surface area contributed by atoms with Crippen molar-refractivity contribution in [2.45, 2.75) is 30.8 Å². The number of urea groups is 1. The molecule has 1 saturated heterocycles. The Labute approximate surface area is 124 Å². The second-order valence-electron chi connectivity index (χ2n) is 6.20. The van der Waals surface area contributed by atoms with E-state index in [-0.39, 0.29) is 6.03 Å². The summed E-state index contributed by atoms with van der Waals surface area (Å²) in [6.07, 6.45) is 4.00. The first kappa shape index (κ1) is 16.3. The lowest BCUT2D eigenvalue weighted by atomic mass is 9.99. The lowest BCUT2D eigenvalue weighted by Gasteiger charge is -2.24. The van der Waals surface area contributed by atoms with Gasteiger partial charge in [-0.15, -0.1) is 13.2 Å². The molecule has 4 atom stereocenters. The van der Waals surface area contributed by atoms with Crippen molar-refractivity contribution in [3.05, 3.63) is 24.0 Å². The molecule has 0 aromatic carbocycles. The number of carbonyl (C=O) groups is 1. The zero-order valence-electron chi connectivity index (χ0n) is 12.4. The number of carbonyl (C=O) groups excluding carboxylic acids is 1. The minimum atomic E-state index is -1.21. The molecule has 6 nitrogen and oxygen atoms in total. The van der Waals surface area contributed by atoms with Gasteiger partial charge in [-0.2, -0.15) is 0 Å². The van der Waals surface area contributed by atoms with Crippen molar-refractivity contribution in [1.82, 2.24) is 10.6 Å². The monoisotopic (exact) mass is 314 g/mol. The van der Waals surface area contributed by atoms with Crippen LogP contribution in [-0.4, -0.2) is 66.5 Å². The SMILES string of the molecule is C=C1NC(=O)NC=C1C1O[C@H](CCP(=C)(C)C)[C@@H](O)[C@H]1O. The third-order valence-electron chi connectivity index (χ3n) is 3.66. The zero-order valence-corrected chi connectivity index (χ0v) is 13.3. The largest absolute Gasteiger partial charge is 0.388 e. The van der Waals surface area contributed by atoms with Crippen LogP contribution in [0.15, 0.2) is 24.0 Å². The normalized spacial score (nSPS) is 33.4. The van der Waals surface area contributed by atoms with Crippen LogP contribution in [0.2, 0.25) is 0 Å². The van der Waals surface area contributed by atoms with E-state index in [4.69, 9.17) is 4.74 Å². The lowest BCUT2D eigenvalue weighted by molar-refractivity contribution is 0.0188. The molecule has 0 aliphatic carbocycles. The van der Waals surface area contributed by atoms with Gasteiger partial charge in [0.15, 0.2) is 0 Å². The Hall–Kier alpha value is -1.07. The molecule has 0 radical (unpaired) electrons. The molecule has 1 unspecified atom stereocenters. The van der Waals surface area contributed by atoms with Gasteiger partial charge in [-0.25, -0.2) is 4.79 Å². The van der Waals surface area contributed by atoms with Crippen molar-refractivity contribution < 1.29 is 19.7 Å². The Bertz CT molecular complexity index is 525. The Morgan fingerprint density at radius 1 is 1.38 bits per heavy atom. The van der Waals surface area contributed by atoms with Crippen LogP contribution in [0.3, 0.4) is 0 Å². The first-order chi connectivity index (χ1) is 9.69. The fourth-order valence-electron chi connectivity index (χ4n) is 2.45. The maximum absolute atomic E-state index is 11.2. The highest BCUT2D eigenvalue weighted by atomic mass is 31.2. The van der Waals surface area contributed by atoms with E-state index >= 15 is 0 Å². The van der Waals surface area contributed by atoms with Gasteiger partial charge in [0.1, 0.15) is 18.3 Å². The van der Waals surface area contributed by atoms with Crippen molar-refractivity contribution in [1.29, 1.82) is 0 Å². The molecule has 2 amide bonds. The highest BCUT2D eigenvalue weighted by molar-refractivity contribution is 7.72. The molecule has 0 aromatic heterocycles. The second kappa shape index (κ2) is 5.97. The topological polar surface area (TPSA) is 90.8 Å². The van der Waals surface area contributed by atoms with Gasteiger partial charge in [0, 0.05) is 17.5 Å². The molecule has 0 bridgehead atoms. The van der Waals surface area contributed by atoms with Gasteiger partial charge >= 0.3 is 6.03 Å². The van der Waals surface area contributed by atoms with Crippen LogP contribution < -0.4 is 10.6 Å². The van der Waals surface area contributed by atoms with Gasteiger partial charge < -0.3 is 25.6 Å². The fraction of sp³-hybridized carbons (Fsp3) is 0.571. The Kier molecular flexibility index (Phi) is 4.63. The highest BCUT2D eigenvalue weighted by Crippen LogP contribution is 2.39. The van der Waals surface area contributed by atoms with Gasteiger partial charge in [0.05, 0.1) is 6.10 Å². The minimum absolute atomic E-state index is 0.376. The number of amides is 2. The number of rotatable bonds is 4. The summed E-state index contributed by atoms with van der Waals surface area (Å²) in [7, 11) is 0. The third kappa shape index (κ3) is 3.77. The third-order valence-corrected chi connectivity index (χ3v) is 5.13. The summed E-state index contributed by atoms with van der Waals surface area (Å²) in [5, 5.41) is 25.4. The van der Waals surface area contributed by atoms with Crippen LogP contribution in [0, 0.1) is 0 Å². The first-order valence-electron chi connectivity index (χ1n) is 6.85. The van der Waals surface area contributed by atoms with Crippen molar-refractivity contribution >= 4 is 19.2 Å². The van der Waals surface area contributed by atoms with Crippen molar-refractivity contribution in [3.63, 3.8) is 0 Å². The summed E-state index contributed by atoms with van der Waals surface area (Å²) in [5.74, 6) is 0. The van der Waals surface area contributed by atoms with E-state index in [0.717, 1.165) is 6.16 Å². The highest BCUT2D eigenvalue weighted by Gasteiger charge is 2.45. The van der Waals surface area contributed by atoms with E-state index < -0.39 is 31.3 Å². The number of ether oxygens (including phenoxy) is 1. The summed E-state index contributed by atoms with van der Waals surface area (Å²) in [6, 6.07) is -0.378. The summed E-state index contributed by atoms with van der Waals surface area (Å²) in [6.45, 7) is 6.77. The zero-order chi connectivity index (χ0) is 15.8. The van der Waals surface area contributed by atoms with Gasteiger partial charge in [-0.1, -0.05) is 6.58 Å². The predicted molar refractivity (Wildman–Crippen MR) is 84.9 cm³/mol. The van der Waals surface area contributed by atoms with Crippen LogP contribution in [0.1, 0.15) is 6.42 Å². The molecule has 118 valence electrons. The molecule has 0 spiro atoms. The average molecular weight is 314 g/mol. The van der Waals surface area contributed by atoms with E-state index in [1.165, 1.54) is 6.20 Å². The maximum atomic E-state index is 11.2. The molecule has 1 fully saturated rings. The van der Waals surface area contributed by atoms with Crippen LogP contribution in [0.4, 0.5) is 4.79 Å². The number of aliphatic hydroxyl groups is 2. The predicted octanol–water partition coefficient (Wildman–Crippen LogP) is 0.285. The number of hydrogen-bond acceptors (Lipinski definition) is 4. The first-order valence-corrected chi connectivity index (χ1v) is 9.90. The minimum Gasteiger partial charge on any atom is -0.388 e. The Morgan fingerprint density at radius 2 is 2.05 bits per heavy atom. The van der Waals surface area contributed by atoms with E-state index in [0.29, 0.717) is 17.7 Å². The maximum Gasteiger partial charge on any atom is 0.323 e. The van der Waals surface area contributed by atoms with Crippen LogP contribution in [0.5, 0.6) is 0 Å². The van der Waals surface area contributed by atoms with Crippen molar-refractivity contribution in [2.24, 2.45) is 0 Å². The Balaban J connectivity index is 2.08. The standard InChI is InChI=1S/C14H23N2O4P/c1-8-9(7-15-14(19)16-8)13-12(18)11(17)10(20-13)5-6-21(2,3)4/h7,10-13,17-18H,1-2,5-6H2,3-4H3,(H2,15,16,19)/t10-,11-,12-,13?/m1/s1. The van der Waals surface area contributed by atoms with Gasteiger partial charge in [-0.05, 0) is 25.9 Å². The van der Waals surface area contributed by atoms with Crippen molar-refractivity contribution in [2.75, 3.05) is 19.5 Å². The van der Waals surface area contributed by atoms with Gasteiger partial charge in [0.25, 0.3) is 0 Å². The summed E-state index contributed by atoms with van der Waals surface area (Å²) < 4.78 is 5.80. The average Bonchev–Trinajstić information content (AvgIpc) is 2.64. The second-order valence-corrected chi connectivity index (χ2v) is 10.5.